The van der Waals surface area contributed by atoms with Gasteiger partial charge in [0.05, 0.1) is 17.9 Å². The number of hydrogen-bond acceptors (Lipinski definition) is 6. The van der Waals surface area contributed by atoms with E-state index in [1.54, 1.807) is 6.33 Å². The summed E-state index contributed by atoms with van der Waals surface area (Å²) in [6.07, 6.45) is 2.64. The molecule has 0 radical (unpaired) electrons. The Morgan fingerprint density at radius 2 is 2.32 bits per heavy atom. The van der Waals surface area contributed by atoms with Crippen molar-refractivity contribution in [3.8, 4) is 6.07 Å². The Labute approximate surface area is 148 Å². The fourth-order valence-electron chi connectivity index (χ4n) is 3.03. The maximum absolute atomic E-state index is 9.02. The molecule has 3 heterocycles. The number of rotatable bonds is 7. The zero-order valence-corrected chi connectivity index (χ0v) is 14.7. The molecule has 1 aliphatic heterocycles. The SMILES string of the molecule is Cc1[nH]c(CN(C)CCNc2cc(C3CCOC3)ncn2)cc1C#N. The Bertz CT molecular complexity index is 744. The van der Waals surface area contributed by atoms with E-state index in [4.69, 9.17) is 10.00 Å². The van der Waals surface area contributed by atoms with E-state index in [1.165, 1.54) is 0 Å². The van der Waals surface area contributed by atoms with Gasteiger partial charge in [-0.1, -0.05) is 0 Å². The molecule has 0 bridgehead atoms. The van der Waals surface area contributed by atoms with Gasteiger partial charge in [0.1, 0.15) is 18.2 Å². The number of anilines is 1. The molecule has 132 valence electrons. The molecule has 0 spiro atoms. The lowest BCUT2D eigenvalue weighted by atomic mass is 10.1. The van der Waals surface area contributed by atoms with E-state index in [0.717, 1.165) is 62.2 Å². The maximum atomic E-state index is 9.02. The van der Waals surface area contributed by atoms with E-state index in [0.29, 0.717) is 11.5 Å². The molecule has 3 rings (SSSR count). The van der Waals surface area contributed by atoms with Crippen LogP contribution in [0.1, 0.15) is 35.0 Å². The molecule has 1 aliphatic rings. The molecule has 7 nitrogen and oxygen atoms in total. The molecule has 1 saturated heterocycles. The van der Waals surface area contributed by atoms with Gasteiger partial charge < -0.3 is 15.0 Å². The first kappa shape index (κ1) is 17.4. The molecule has 1 unspecified atom stereocenters. The van der Waals surface area contributed by atoms with Gasteiger partial charge >= 0.3 is 0 Å². The number of aromatic amines is 1. The van der Waals surface area contributed by atoms with Crippen molar-refractivity contribution in [2.45, 2.75) is 25.8 Å². The molecule has 0 amide bonds. The summed E-state index contributed by atoms with van der Waals surface area (Å²) in [5, 5.41) is 12.4. The molecule has 0 aromatic carbocycles. The topological polar surface area (TPSA) is 89.9 Å². The maximum Gasteiger partial charge on any atom is 0.129 e. The highest BCUT2D eigenvalue weighted by Crippen LogP contribution is 2.24. The zero-order chi connectivity index (χ0) is 17.6. The van der Waals surface area contributed by atoms with E-state index in [9.17, 15) is 0 Å². The van der Waals surface area contributed by atoms with E-state index >= 15 is 0 Å². The Kier molecular flexibility index (Phi) is 5.64. The number of hydrogen-bond donors (Lipinski definition) is 2. The molecular weight excluding hydrogens is 316 g/mol. The Hall–Kier alpha value is -2.43. The van der Waals surface area contributed by atoms with Gasteiger partial charge in [0.25, 0.3) is 0 Å². The van der Waals surface area contributed by atoms with Crippen LogP contribution in [0.4, 0.5) is 5.82 Å². The van der Waals surface area contributed by atoms with E-state index in [2.05, 4.69) is 38.3 Å². The van der Waals surface area contributed by atoms with Gasteiger partial charge in [0.15, 0.2) is 0 Å². The van der Waals surface area contributed by atoms with Crippen molar-refractivity contribution < 1.29 is 4.74 Å². The molecule has 2 aromatic rings. The number of ether oxygens (including phenoxy) is 1. The monoisotopic (exact) mass is 340 g/mol. The van der Waals surface area contributed by atoms with Crippen LogP contribution < -0.4 is 5.32 Å². The molecule has 1 atom stereocenters. The normalized spacial score (nSPS) is 17.0. The van der Waals surface area contributed by atoms with Crippen molar-refractivity contribution >= 4 is 5.82 Å². The van der Waals surface area contributed by atoms with Gasteiger partial charge in [-0.2, -0.15) is 5.26 Å². The summed E-state index contributed by atoms with van der Waals surface area (Å²) in [5.41, 5.74) is 3.75. The average molecular weight is 340 g/mol. The number of H-pyrrole nitrogens is 1. The van der Waals surface area contributed by atoms with Gasteiger partial charge in [-0.15, -0.1) is 0 Å². The van der Waals surface area contributed by atoms with Crippen LogP contribution in [-0.2, 0) is 11.3 Å². The summed E-state index contributed by atoms with van der Waals surface area (Å²) in [6.45, 7) is 5.92. The Balaban J connectivity index is 1.47. The Morgan fingerprint density at radius 3 is 3.04 bits per heavy atom. The Morgan fingerprint density at radius 1 is 1.44 bits per heavy atom. The number of aromatic nitrogens is 3. The lowest BCUT2D eigenvalue weighted by Crippen LogP contribution is -2.25. The number of nitrogens with zero attached hydrogens (tertiary/aromatic N) is 4. The summed E-state index contributed by atoms with van der Waals surface area (Å²) < 4.78 is 5.43. The van der Waals surface area contributed by atoms with Crippen molar-refractivity contribution in [2.75, 3.05) is 38.7 Å². The van der Waals surface area contributed by atoms with Gasteiger partial charge in [-0.05, 0) is 26.5 Å². The minimum absolute atomic E-state index is 0.386. The van der Waals surface area contributed by atoms with Crippen LogP contribution in [0.3, 0.4) is 0 Å². The van der Waals surface area contributed by atoms with Crippen LogP contribution in [0, 0.1) is 18.3 Å². The molecular formula is C18H24N6O. The summed E-state index contributed by atoms with van der Waals surface area (Å²) >= 11 is 0. The second kappa shape index (κ2) is 8.10. The van der Waals surface area contributed by atoms with Crippen molar-refractivity contribution in [3.05, 3.63) is 41.1 Å². The summed E-state index contributed by atoms with van der Waals surface area (Å²) in [5.74, 6) is 1.24. The van der Waals surface area contributed by atoms with Crippen LogP contribution >= 0.6 is 0 Å². The molecule has 1 fully saturated rings. The predicted molar refractivity (Wildman–Crippen MR) is 95.3 cm³/mol. The van der Waals surface area contributed by atoms with Crippen molar-refractivity contribution in [1.29, 1.82) is 5.26 Å². The van der Waals surface area contributed by atoms with Crippen LogP contribution in [0.15, 0.2) is 18.5 Å². The van der Waals surface area contributed by atoms with Crippen LogP contribution in [0.5, 0.6) is 0 Å². The van der Waals surface area contributed by atoms with Gasteiger partial charge in [-0.25, -0.2) is 9.97 Å². The first-order chi connectivity index (χ1) is 12.2. The number of aryl methyl sites for hydroxylation is 1. The van der Waals surface area contributed by atoms with E-state index < -0.39 is 0 Å². The van der Waals surface area contributed by atoms with E-state index in [-0.39, 0.29) is 0 Å². The zero-order valence-electron chi connectivity index (χ0n) is 14.7. The second-order valence-electron chi connectivity index (χ2n) is 6.50. The highest BCUT2D eigenvalue weighted by atomic mass is 16.5. The van der Waals surface area contributed by atoms with E-state index in [1.807, 2.05) is 19.1 Å². The van der Waals surface area contributed by atoms with Crippen LogP contribution in [0.25, 0.3) is 0 Å². The lowest BCUT2D eigenvalue weighted by molar-refractivity contribution is 0.193. The molecule has 0 saturated carbocycles. The average Bonchev–Trinajstić information content (AvgIpc) is 3.25. The van der Waals surface area contributed by atoms with Gasteiger partial charge in [0.2, 0.25) is 0 Å². The quantitative estimate of drug-likeness (QED) is 0.801. The third-order valence-corrected chi connectivity index (χ3v) is 4.47. The highest BCUT2D eigenvalue weighted by molar-refractivity contribution is 5.36. The molecule has 2 aromatic heterocycles. The number of nitriles is 1. The van der Waals surface area contributed by atoms with Crippen molar-refractivity contribution in [2.24, 2.45) is 0 Å². The van der Waals surface area contributed by atoms with Crippen molar-refractivity contribution in [1.82, 2.24) is 19.9 Å². The third-order valence-electron chi connectivity index (χ3n) is 4.47. The van der Waals surface area contributed by atoms with Crippen LogP contribution in [-0.4, -0.2) is 53.2 Å². The minimum Gasteiger partial charge on any atom is -0.381 e. The largest absolute Gasteiger partial charge is 0.381 e. The molecule has 2 N–H and O–H groups in total. The second-order valence-corrected chi connectivity index (χ2v) is 6.50. The lowest BCUT2D eigenvalue weighted by Gasteiger charge is -2.16. The summed E-state index contributed by atoms with van der Waals surface area (Å²) in [4.78, 5) is 14.1. The van der Waals surface area contributed by atoms with Crippen LogP contribution in [0.2, 0.25) is 0 Å². The first-order valence-electron chi connectivity index (χ1n) is 8.56. The summed E-state index contributed by atoms with van der Waals surface area (Å²) in [7, 11) is 2.06. The number of nitrogens with one attached hydrogen (secondary N) is 2. The highest BCUT2D eigenvalue weighted by Gasteiger charge is 2.19. The molecule has 7 heteroatoms. The third kappa shape index (κ3) is 4.56. The summed E-state index contributed by atoms with van der Waals surface area (Å²) in [6, 6.07) is 6.13. The van der Waals surface area contributed by atoms with Crippen molar-refractivity contribution in [3.63, 3.8) is 0 Å². The fourth-order valence-corrected chi connectivity index (χ4v) is 3.03. The smallest absolute Gasteiger partial charge is 0.129 e. The first-order valence-corrected chi connectivity index (χ1v) is 8.56. The van der Waals surface area contributed by atoms with Gasteiger partial charge in [0, 0.05) is 49.6 Å². The molecule has 0 aliphatic carbocycles. The van der Waals surface area contributed by atoms with Gasteiger partial charge in [-0.3, -0.25) is 4.90 Å². The fraction of sp³-hybridized carbons (Fsp3) is 0.500. The number of likely N-dealkylation sites (N-methyl/N-ethyl adjacent to an activating group) is 1. The minimum atomic E-state index is 0.386. The molecule has 25 heavy (non-hydrogen) atoms. The standard InChI is InChI=1S/C18H24N6O/c1-13-15(9-19)7-16(23-13)10-24(2)5-4-20-18-8-17(21-12-22-18)14-3-6-25-11-14/h7-8,12,14,23H,3-6,10-11H2,1-2H3,(H,20,21,22). The predicted octanol–water partition coefficient (Wildman–Crippen LogP) is 2.03.